The highest BCUT2D eigenvalue weighted by atomic mass is 14.2. The van der Waals surface area contributed by atoms with Crippen molar-refractivity contribution in [3.63, 3.8) is 0 Å². The fourth-order valence-electron chi connectivity index (χ4n) is 4.69. The molecule has 6 rings (SSSR count). The molecule has 0 nitrogen and oxygen atoms in total. The highest BCUT2D eigenvalue weighted by molar-refractivity contribution is 6.13. The van der Waals surface area contributed by atoms with Crippen molar-refractivity contribution >= 4 is 32.3 Å². The van der Waals surface area contributed by atoms with Crippen molar-refractivity contribution in [3.8, 4) is 22.3 Å². The Morgan fingerprint density at radius 3 is 1.40 bits per heavy atom. The van der Waals surface area contributed by atoms with E-state index in [2.05, 4.69) is 121 Å². The largest absolute Gasteiger partial charge is 0.0616 e. The molecule has 140 valence electrons. The summed E-state index contributed by atoms with van der Waals surface area (Å²) in [5.74, 6) is 0. The summed E-state index contributed by atoms with van der Waals surface area (Å²) in [6, 6.07) is 43.8. The Morgan fingerprint density at radius 1 is 0.267 bits per heavy atom. The highest BCUT2D eigenvalue weighted by Gasteiger charge is 2.15. The van der Waals surface area contributed by atoms with Crippen molar-refractivity contribution in [2.45, 2.75) is 0 Å². The minimum absolute atomic E-state index is 1.27. The molecule has 0 fully saturated rings. The van der Waals surface area contributed by atoms with Gasteiger partial charge in [0.25, 0.3) is 0 Å². The lowest BCUT2D eigenvalue weighted by molar-refractivity contribution is 1.65. The SMILES string of the molecule is c1ccc2c(-c3ccc4ccccc4c3-c3cccc4ccccc34)cccc2c1. The smallest absolute Gasteiger partial charge is 0.00204 e. The van der Waals surface area contributed by atoms with Crippen LogP contribution in [-0.2, 0) is 0 Å². The van der Waals surface area contributed by atoms with E-state index in [4.69, 9.17) is 0 Å². The molecule has 0 atom stereocenters. The summed E-state index contributed by atoms with van der Waals surface area (Å²) in [4.78, 5) is 0. The minimum Gasteiger partial charge on any atom is -0.0616 e. The second kappa shape index (κ2) is 6.86. The lowest BCUT2D eigenvalue weighted by atomic mass is 9.86. The molecule has 0 spiro atoms. The van der Waals surface area contributed by atoms with Crippen molar-refractivity contribution in [3.05, 3.63) is 121 Å². The Balaban J connectivity index is 1.79. The van der Waals surface area contributed by atoms with Gasteiger partial charge in [0.2, 0.25) is 0 Å². The van der Waals surface area contributed by atoms with Crippen molar-refractivity contribution in [2.75, 3.05) is 0 Å². The molecule has 0 saturated heterocycles. The van der Waals surface area contributed by atoms with Gasteiger partial charge in [-0.05, 0) is 54.6 Å². The van der Waals surface area contributed by atoms with Gasteiger partial charge in [-0.15, -0.1) is 0 Å². The molecule has 0 aliphatic heterocycles. The third kappa shape index (κ3) is 2.62. The molecule has 0 aromatic heterocycles. The van der Waals surface area contributed by atoms with Gasteiger partial charge in [-0.1, -0.05) is 121 Å². The Hall–Kier alpha value is -3.90. The molecule has 30 heavy (non-hydrogen) atoms. The maximum Gasteiger partial charge on any atom is -0.00204 e. The fraction of sp³-hybridized carbons (Fsp3) is 0. The summed E-state index contributed by atoms with van der Waals surface area (Å²) in [5, 5.41) is 7.68. The van der Waals surface area contributed by atoms with Crippen LogP contribution in [0.25, 0.3) is 54.6 Å². The van der Waals surface area contributed by atoms with Crippen LogP contribution < -0.4 is 0 Å². The van der Waals surface area contributed by atoms with E-state index in [0.29, 0.717) is 0 Å². The first kappa shape index (κ1) is 17.0. The zero-order valence-corrected chi connectivity index (χ0v) is 16.5. The molecule has 0 saturated carbocycles. The van der Waals surface area contributed by atoms with E-state index in [1.165, 1.54) is 54.6 Å². The number of hydrogen-bond donors (Lipinski definition) is 0. The maximum absolute atomic E-state index is 2.29. The third-order valence-electron chi connectivity index (χ3n) is 6.07. The van der Waals surface area contributed by atoms with Gasteiger partial charge in [0.05, 0.1) is 0 Å². The van der Waals surface area contributed by atoms with Crippen molar-refractivity contribution in [1.82, 2.24) is 0 Å². The maximum atomic E-state index is 2.29. The number of rotatable bonds is 2. The van der Waals surface area contributed by atoms with E-state index in [1.54, 1.807) is 0 Å². The van der Waals surface area contributed by atoms with Crippen molar-refractivity contribution in [1.29, 1.82) is 0 Å². The molecule has 0 aliphatic carbocycles. The standard InChI is InChI=1S/C30H20/c1-4-14-24-21(9-1)12-7-17-27(24)29-20-19-23-11-3-6-16-26(23)30(29)28-18-8-13-22-10-2-5-15-25(22)28/h1-20H. The van der Waals surface area contributed by atoms with Gasteiger partial charge < -0.3 is 0 Å². The summed E-state index contributed by atoms with van der Waals surface area (Å²) >= 11 is 0. The zero-order valence-electron chi connectivity index (χ0n) is 16.5. The average molecular weight is 380 g/mol. The van der Waals surface area contributed by atoms with E-state index >= 15 is 0 Å². The van der Waals surface area contributed by atoms with E-state index in [1.807, 2.05) is 0 Å². The summed E-state index contributed by atoms with van der Waals surface area (Å²) in [6.45, 7) is 0. The van der Waals surface area contributed by atoms with Gasteiger partial charge in [-0.2, -0.15) is 0 Å². The normalized spacial score (nSPS) is 11.3. The molecule has 0 radical (unpaired) electrons. The molecule has 0 aliphatic rings. The van der Waals surface area contributed by atoms with Gasteiger partial charge in [0, 0.05) is 0 Å². The zero-order chi connectivity index (χ0) is 19.9. The molecule has 0 amide bonds. The topological polar surface area (TPSA) is 0 Å². The van der Waals surface area contributed by atoms with Crippen LogP contribution >= 0.6 is 0 Å². The van der Waals surface area contributed by atoms with Gasteiger partial charge in [0.1, 0.15) is 0 Å². The molecular weight excluding hydrogens is 360 g/mol. The van der Waals surface area contributed by atoms with Crippen LogP contribution in [0.15, 0.2) is 121 Å². The predicted molar refractivity (Wildman–Crippen MR) is 130 cm³/mol. The van der Waals surface area contributed by atoms with E-state index in [0.717, 1.165) is 0 Å². The molecule has 0 N–H and O–H groups in total. The van der Waals surface area contributed by atoms with Crippen LogP contribution in [0.4, 0.5) is 0 Å². The first-order valence-corrected chi connectivity index (χ1v) is 10.4. The lowest BCUT2D eigenvalue weighted by Gasteiger charge is -2.17. The average Bonchev–Trinajstić information content (AvgIpc) is 2.83. The molecule has 6 aromatic carbocycles. The number of fused-ring (bicyclic) bond motifs is 3. The van der Waals surface area contributed by atoms with Crippen molar-refractivity contribution < 1.29 is 0 Å². The van der Waals surface area contributed by atoms with E-state index < -0.39 is 0 Å². The molecule has 0 unspecified atom stereocenters. The van der Waals surface area contributed by atoms with Crippen LogP contribution in [0.3, 0.4) is 0 Å². The molecule has 0 heterocycles. The van der Waals surface area contributed by atoms with Gasteiger partial charge in [-0.3, -0.25) is 0 Å². The Kier molecular flexibility index (Phi) is 3.89. The summed E-state index contributed by atoms with van der Waals surface area (Å²) in [5.41, 5.74) is 5.15. The van der Waals surface area contributed by atoms with Gasteiger partial charge >= 0.3 is 0 Å². The quantitative estimate of drug-likeness (QED) is 0.282. The van der Waals surface area contributed by atoms with Gasteiger partial charge in [0.15, 0.2) is 0 Å². The Morgan fingerprint density at radius 2 is 0.733 bits per heavy atom. The second-order valence-electron chi connectivity index (χ2n) is 7.76. The summed E-state index contributed by atoms with van der Waals surface area (Å²) in [7, 11) is 0. The lowest BCUT2D eigenvalue weighted by Crippen LogP contribution is -1.90. The van der Waals surface area contributed by atoms with Crippen molar-refractivity contribution in [2.24, 2.45) is 0 Å². The Bertz CT molecular complexity index is 1530. The van der Waals surface area contributed by atoms with Crippen LogP contribution in [0.5, 0.6) is 0 Å². The van der Waals surface area contributed by atoms with Crippen LogP contribution in [0.1, 0.15) is 0 Å². The molecule has 6 aromatic rings. The van der Waals surface area contributed by atoms with Crippen LogP contribution in [-0.4, -0.2) is 0 Å². The van der Waals surface area contributed by atoms with Crippen LogP contribution in [0.2, 0.25) is 0 Å². The van der Waals surface area contributed by atoms with Crippen LogP contribution in [0, 0.1) is 0 Å². The molecule has 0 bridgehead atoms. The summed E-state index contributed by atoms with van der Waals surface area (Å²) in [6.07, 6.45) is 0. The monoisotopic (exact) mass is 380 g/mol. The predicted octanol–water partition coefficient (Wildman–Crippen LogP) is 8.48. The molecular formula is C30H20. The minimum atomic E-state index is 1.27. The van der Waals surface area contributed by atoms with Gasteiger partial charge in [-0.25, -0.2) is 0 Å². The Labute approximate surface area is 176 Å². The van der Waals surface area contributed by atoms with E-state index in [-0.39, 0.29) is 0 Å². The first-order valence-electron chi connectivity index (χ1n) is 10.4. The summed E-state index contributed by atoms with van der Waals surface area (Å²) < 4.78 is 0. The first-order chi connectivity index (χ1) is 14.9. The molecule has 0 heteroatoms. The second-order valence-corrected chi connectivity index (χ2v) is 7.76. The highest BCUT2D eigenvalue weighted by Crippen LogP contribution is 2.42. The number of benzene rings is 6. The third-order valence-corrected chi connectivity index (χ3v) is 6.07. The number of hydrogen-bond acceptors (Lipinski definition) is 0. The van der Waals surface area contributed by atoms with E-state index in [9.17, 15) is 0 Å². The fourth-order valence-corrected chi connectivity index (χ4v) is 4.69.